The number of aromatic nitrogens is 6. The summed E-state index contributed by atoms with van der Waals surface area (Å²) >= 11 is 0. The number of pyridine rings is 1. The van der Waals surface area contributed by atoms with Crippen LogP contribution in [-0.4, -0.2) is 42.6 Å². The van der Waals surface area contributed by atoms with Crippen molar-refractivity contribution in [3.8, 4) is 11.3 Å². The third kappa shape index (κ3) is 3.30. The summed E-state index contributed by atoms with van der Waals surface area (Å²) in [5, 5.41) is 18.1. The van der Waals surface area contributed by atoms with Crippen molar-refractivity contribution in [2.75, 3.05) is 6.54 Å². The number of rotatable bonds is 6. The molecule has 1 aromatic carbocycles. The van der Waals surface area contributed by atoms with Gasteiger partial charge in [0, 0.05) is 31.0 Å². The third-order valence-electron chi connectivity index (χ3n) is 4.05. The molecule has 26 heavy (non-hydrogen) atoms. The minimum absolute atomic E-state index is 0.179. The van der Waals surface area contributed by atoms with Crippen LogP contribution in [-0.2, 0) is 6.54 Å². The normalized spacial score (nSPS) is 10.9. The highest BCUT2D eigenvalue weighted by atomic mass is 16.1. The van der Waals surface area contributed by atoms with Crippen molar-refractivity contribution >= 4 is 16.9 Å². The first-order valence-electron chi connectivity index (χ1n) is 8.33. The average Bonchev–Trinajstić information content (AvgIpc) is 3.33. The topological polar surface area (TPSA) is 101 Å². The van der Waals surface area contributed by atoms with E-state index >= 15 is 0 Å². The summed E-state index contributed by atoms with van der Waals surface area (Å²) in [4.78, 5) is 16.2. The third-order valence-corrected chi connectivity index (χ3v) is 4.05. The molecule has 0 aliphatic carbocycles. The fourth-order valence-electron chi connectivity index (χ4n) is 2.72. The molecule has 3 aromatic heterocycles. The Balaban J connectivity index is 1.31. The number of para-hydroxylation sites is 1. The molecule has 4 aromatic rings. The molecule has 130 valence electrons. The molecule has 0 aliphatic rings. The summed E-state index contributed by atoms with van der Waals surface area (Å²) in [5.74, 6) is -0.179. The fourth-order valence-corrected chi connectivity index (χ4v) is 2.72. The highest BCUT2D eigenvalue weighted by molar-refractivity contribution is 5.93. The second kappa shape index (κ2) is 7.14. The van der Waals surface area contributed by atoms with Gasteiger partial charge in [-0.15, -0.1) is 5.10 Å². The van der Waals surface area contributed by atoms with Crippen molar-refractivity contribution in [3.63, 3.8) is 0 Å². The van der Waals surface area contributed by atoms with E-state index in [2.05, 4.69) is 30.8 Å². The molecule has 4 rings (SSSR count). The van der Waals surface area contributed by atoms with Crippen LogP contribution in [0.4, 0.5) is 0 Å². The Morgan fingerprint density at radius 2 is 2.00 bits per heavy atom. The minimum atomic E-state index is -0.179. The molecule has 0 radical (unpaired) electrons. The van der Waals surface area contributed by atoms with Crippen molar-refractivity contribution in [2.24, 2.45) is 0 Å². The number of carbonyl (C=O) groups excluding carboxylic acids is 1. The van der Waals surface area contributed by atoms with Gasteiger partial charge in [-0.05, 0) is 36.8 Å². The van der Waals surface area contributed by atoms with Gasteiger partial charge in [-0.1, -0.05) is 17.3 Å². The molecule has 8 nitrogen and oxygen atoms in total. The monoisotopic (exact) mass is 347 g/mol. The van der Waals surface area contributed by atoms with Crippen LogP contribution in [0.3, 0.4) is 0 Å². The number of benzene rings is 1. The number of carbonyl (C=O) groups is 1. The molecule has 0 aliphatic heterocycles. The van der Waals surface area contributed by atoms with E-state index in [9.17, 15) is 4.79 Å². The lowest BCUT2D eigenvalue weighted by atomic mass is 10.2. The number of aryl methyl sites for hydroxylation is 1. The predicted molar refractivity (Wildman–Crippen MR) is 96.3 cm³/mol. The average molecular weight is 347 g/mol. The lowest BCUT2D eigenvalue weighted by Gasteiger charge is -2.04. The highest BCUT2D eigenvalue weighted by Crippen LogP contribution is 2.16. The van der Waals surface area contributed by atoms with Crippen molar-refractivity contribution in [3.05, 3.63) is 60.6 Å². The summed E-state index contributed by atoms with van der Waals surface area (Å²) in [6.45, 7) is 1.22. The summed E-state index contributed by atoms with van der Waals surface area (Å²) in [5.41, 5.74) is 3.93. The van der Waals surface area contributed by atoms with Crippen molar-refractivity contribution < 1.29 is 4.79 Å². The molecular formula is C18H17N7O. The molecule has 0 spiro atoms. The smallest absolute Gasteiger partial charge is 0.269 e. The van der Waals surface area contributed by atoms with E-state index in [1.165, 1.54) is 0 Å². The van der Waals surface area contributed by atoms with Crippen molar-refractivity contribution in [2.45, 2.75) is 13.0 Å². The molecule has 2 N–H and O–H groups in total. The number of amides is 1. The van der Waals surface area contributed by atoms with E-state index in [1.54, 1.807) is 18.5 Å². The Hall–Kier alpha value is -3.55. The van der Waals surface area contributed by atoms with Crippen LogP contribution in [0, 0.1) is 0 Å². The van der Waals surface area contributed by atoms with Gasteiger partial charge < -0.3 is 5.32 Å². The van der Waals surface area contributed by atoms with Crippen LogP contribution in [0.1, 0.15) is 16.9 Å². The molecule has 8 heteroatoms. The largest absolute Gasteiger partial charge is 0.351 e. The van der Waals surface area contributed by atoms with E-state index in [1.807, 2.05) is 41.1 Å². The van der Waals surface area contributed by atoms with Gasteiger partial charge >= 0.3 is 0 Å². The maximum atomic E-state index is 12.2. The Morgan fingerprint density at radius 1 is 1.15 bits per heavy atom. The molecule has 0 saturated carbocycles. The Kier molecular flexibility index (Phi) is 4.38. The number of nitrogens with zero attached hydrogens (tertiary/aromatic N) is 5. The highest BCUT2D eigenvalue weighted by Gasteiger charge is 2.10. The van der Waals surface area contributed by atoms with Crippen LogP contribution >= 0.6 is 0 Å². The molecule has 3 heterocycles. The standard InChI is InChI=1S/C18H17N7O/c26-18(16-12-15(21-22-16)13-6-9-19-10-7-13)20-8-3-11-25-17-5-2-1-4-14(17)23-24-25/h1-2,4-7,9-10,12H,3,8,11H2,(H,20,26)(H,21,22). The molecule has 0 saturated heterocycles. The SMILES string of the molecule is O=C(NCCCn1nnc2ccccc21)c1cc(-c2ccncc2)n[nH]1. The van der Waals surface area contributed by atoms with Crippen LogP contribution in [0.25, 0.3) is 22.3 Å². The fraction of sp³-hybridized carbons (Fsp3) is 0.167. The lowest BCUT2D eigenvalue weighted by Crippen LogP contribution is -2.25. The van der Waals surface area contributed by atoms with E-state index in [-0.39, 0.29) is 5.91 Å². The summed E-state index contributed by atoms with van der Waals surface area (Å²) in [7, 11) is 0. The van der Waals surface area contributed by atoms with Gasteiger partial charge in [0.05, 0.1) is 11.2 Å². The number of nitrogens with one attached hydrogen (secondary N) is 2. The van der Waals surface area contributed by atoms with Crippen LogP contribution < -0.4 is 5.32 Å². The lowest BCUT2D eigenvalue weighted by molar-refractivity contribution is 0.0947. The molecule has 0 atom stereocenters. The zero-order chi connectivity index (χ0) is 17.8. The van der Waals surface area contributed by atoms with E-state index in [0.29, 0.717) is 24.5 Å². The Labute approximate surface area is 149 Å². The van der Waals surface area contributed by atoms with Gasteiger partial charge in [0.15, 0.2) is 0 Å². The van der Waals surface area contributed by atoms with E-state index < -0.39 is 0 Å². The second-order valence-electron chi connectivity index (χ2n) is 5.81. The molecule has 1 amide bonds. The first-order chi connectivity index (χ1) is 12.8. The molecule has 0 unspecified atom stereocenters. The number of aromatic amines is 1. The predicted octanol–water partition coefficient (Wildman–Crippen LogP) is 2.04. The second-order valence-corrected chi connectivity index (χ2v) is 5.81. The number of H-pyrrole nitrogens is 1. The quantitative estimate of drug-likeness (QED) is 0.520. The van der Waals surface area contributed by atoms with Gasteiger partial charge in [0.1, 0.15) is 11.2 Å². The van der Waals surface area contributed by atoms with Gasteiger partial charge in [-0.2, -0.15) is 5.10 Å². The van der Waals surface area contributed by atoms with Crippen LogP contribution in [0.5, 0.6) is 0 Å². The summed E-state index contributed by atoms with van der Waals surface area (Å²) in [6, 6.07) is 13.2. The zero-order valence-electron chi connectivity index (χ0n) is 14.0. The zero-order valence-corrected chi connectivity index (χ0v) is 14.0. The van der Waals surface area contributed by atoms with Crippen LogP contribution in [0.15, 0.2) is 54.9 Å². The van der Waals surface area contributed by atoms with E-state index in [4.69, 9.17) is 0 Å². The molecule has 0 fully saturated rings. The summed E-state index contributed by atoms with van der Waals surface area (Å²) < 4.78 is 1.85. The number of hydrogen-bond acceptors (Lipinski definition) is 5. The summed E-state index contributed by atoms with van der Waals surface area (Å²) in [6.07, 6.45) is 4.14. The maximum absolute atomic E-state index is 12.2. The number of hydrogen-bond donors (Lipinski definition) is 2. The van der Waals surface area contributed by atoms with Gasteiger partial charge in [-0.3, -0.25) is 14.9 Å². The Morgan fingerprint density at radius 3 is 2.88 bits per heavy atom. The van der Waals surface area contributed by atoms with Crippen molar-refractivity contribution in [1.82, 2.24) is 35.5 Å². The molecular weight excluding hydrogens is 330 g/mol. The minimum Gasteiger partial charge on any atom is -0.351 e. The van der Waals surface area contributed by atoms with Gasteiger partial charge in [-0.25, -0.2) is 4.68 Å². The first kappa shape index (κ1) is 15.9. The molecule has 0 bridgehead atoms. The number of fused-ring (bicyclic) bond motifs is 1. The van der Waals surface area contributed by atoms with Crippen molar-refractivity contribution in [1.29, 1.82) is 0 Å². The maximum Gasteiger partial charge on any atom is 0.269 e. The van der Waals surface area contributed by atoms with Gasteiger partial charge in [0.2, 0.25) is 0 Å². The Bertz CT molecular complexity index is 1020. The van der Waals surface area contributed by atoms with E-state index in [0.717, 1.165) is 23.0 Å². The first-order valence-corrected chi connectivity index (χ1v) is 8.33. The van der Waals surface area contributed by atoms with Gasteiger partial charge in [0.25, 0.3) is 5.91 Å². The van der Waals surface area contributed by atoms with Crippen LogP contribution in [0.2, 0.25) is 0 Å².